The SMILES string of the molecule is CC(C)=NNS(=O)(=O)c1c(C(C)C)cc(C(C)C)cc1C(C)C. The lowest BCUT2D eigenvalue weighted by molar-refractivity contribution is 0.578. The van der Waals surface area contributed by atoms with Crippen molar-refractivity contribution in [3.05, 3.63) is 28.8 Å². The summed E-state index contributed by atoms with van der Waals surface area (Å²) in [6.45, 7) is 15.9. The zero-order valence-electron chi connectivity index (χ0n) is 15.6. The first-order valence-electron chi connectivity index (χ1n) is 8.17. The van der Waals surface area contributed by atoms with Crippen molar-refractivity contribution in [3.8, 4) is 0 Å². The lowest BCUT2D eigenvalue weighted by atomic mass is 9.89. The highest BCUT2D eigenvalue weighted by atomic mass is 32.2. The summed E-state index contributed by atoms with van der Waals surface area (Å²) in [4.78, 5) is 2.76. The van der Waals surface area contributed by atoms with Crippen LogP contribution in [0.4, 0.5) is 0 Å². The Morgan fingerprint density at radius 3 is 1.65 bits per heavy atom. The van der Waals surface area contributed by atoms with Gasteiger partial charge in [-0.05, 0) is 48.3 Å². The molecule has 0 saturated heterocycles. The van der Waals surface area contributed by atoms with E-state index in [-0.39, 0.29) is 11.8 Å². The molecular weight excluding hydrogens is 308 g/mol. The van der Waals surface area contributed by atoms with Crippen LogP contribution in [-0.4, -0.2) is 14.1 Å². The zero-order valence-corrected chi connectivity index (χ0v) is 16.4. The molecule has 0 aliphatic carbocycles. The first-order valence-corrected chi connectivity index (χ1v) is 9.66. The molecule has 1 aromatic carbocycles. The van der Waals surface area contributed by atoms with E-state index in [2.05, 4.69) is 23.8 Å². The number of hydrogen-bond donors (Lipinski definition) is 1. The number of nitrogens with one attached hydrogen (secondary N) is 1. The molecule has 0 unspecified atom stereocenters. The quantitative estimate of drug-likeness (QED) is 0.602. The Labute approximate surface area is 141 Å². The van der Waals surface area contributed by atoms with Crippen LogP contribution in [0.3, 0.4) is 0 Å². The first-order chi connectivity index (χ1) is 10.5. The largest absolute Gasteiger partial charge is 0.277 e. The Morgan fingerprint density at radius 2 is 1.35 bits per heavy atom. The van der Waals surface area contributed by atoms with E-state index in [1.807, 2.05) is 39.8 Å². The van der Waals surface area contributed by atoms with Crippen LogP contribution >= 0.6 is 0 Å². The molecule has 0 saturated carbocycles. The van der Waals surface area contributed by atoms with Gasteiger partial charge in [-0.2, -0.15) is 13.5 Å². The molecule has 1 N–H and O–H groups in total. The highest BCUT2D eigenvalue weighted by molar-refractivity contribution is 7.89. The fourth-order valence-corrected chi connectivity index (χ4v) is 4.00. The first kappa shape index (κ1) is 19.7. The molecule has 1 rings (SSSR count). The van der Waals surface area contributed by atoms with Crippen molar-refractivity contribution in [2.45, 2.75) is 78.0 Å². The molecule has 0 atom stereocenters. The third-order valence-corrected chi connectivity index (χ3v) is 5.08. The van der Waals surface area contributed by atoms with Crippen LogP contribution in [-0.2, 0) is 10.0 Å². The van der Waals surface area contributed by atoms with Crippen LogP contribution < -0.4 is 4.83 Å². The summed E-state index contributed by atoms with van der Waals surface area (Å²) in [5.74, 6) is 0.583. The highest BCUT2D eigenvalue weighted by Gasteiger charge is 2.26. The van der Waals surface area contributed by atoms with Gasteiger partial charge in [0.05, 0.1) is 4.90 Å². The Kier molecular flexibility index (Phi) is 6.40. The van der Waals surface area contributed by atoms with E-state index in [4.69, 9.17) is 0 Å². The number of sulfonamides is 1. The average molecular weight is 339 g/mol. The average Bonchev–Trinajstić information content (AvgIpc) is 2.43. The van der Waals surface area contributed by atoms with E-state index < -0.39 is 10.0 Å². The molecule has 0 aliphatic rings. The van der Waals surface area contributed by atoms with Gasteiger partial charge in [0.25, 0.3) is 10.0 Å². The van der Waals surface area contributed by atoms with E-state index in [9.17, 15) is 8.42 Å². The van der Waals surface area contributed by atoms with Crippen molar-refractivity contribution in [2.75, 3.05) is 0 Å². The molecule has 0 spiro atoms. The van der Waals surface area contributed by atoms with Gasteiger partial charge in [0, 0.05) is 5.71 Å². The third kappa shape index (κ3) is 4.80. The van der Waals surface area contributed by atoms with Crippen LogP contribution in [0.1, 0.15) is 89.8 Å². The fraction of sp³-hybridized carbons (Fsp3) is 0.611. The minimum Gasteiger partial charge on any atom is -0.200 e. The number of benzene rings is 1. The number of hydrogen-bond acceptors (Lipinski definition) is 3. The van der Waals surface area contributed by atoms with Crippen molar-refractivity contribution in [1.82, 2.24) is 4.83 Å². The van der Waals surface area contributed by atoms with Crippen LogP contribution in [0.5, 0.6) is 0 Å². The molecule has 0 radical (unpaired) electrons. The molecular formula is C18H30N2O2S. The molecule has 1 aromatic rings. The van der Waals surface area contributed by atoms with Crippen molar-refractivity contribution in [3.63, 3.8) is 0 Å². The van der Waals surface area contributed by atoms with Crippen LogP contribution in [0.2, 0.25) is 0 Å². The molecule has 0 amide bonds. The smallest absolute Gasteiger partial charge is 0.200 e. The second-order valence-corrected chi connectivity index (χ2v) is 8.74. The Hall–Kier alpha value is -1.36. The summed E-state index contributed by atoms with van der Waals surface area (Å²) in [6.07, 6.45) is 0. The second kappa shape index (κ2) is 7.47. The predicted octanol–water partition coefficient (Wildman–Crippen LogP) is 4.73. The van der Waals surface area contributed by atoms with Gasteiger partial charge in [0.2, 0.25) is 0 Å². The van der Waals surface area contributed by atoms with Gasteiger partial charge in [-0.25, -0.2) is 4.83 Å². The van der Waals surface area contributed by atoms with E-state index in [0.29, 0.717) is 16.5 Å². The molecule has 0 fully saturated rings. The summed E-state index contributed by atoms with van der Waals surface area (Å²) in [5.41, 5.74) is 3.56. The molecule has 0 heterocycles. The van der Waals surface area contributed by atoms with Crippen molar-refractivity contribution >= 4 is 15.7 Å². The van der Waals surface area contributed by atoms with Crippen molar-refractivity contribution < 1.29 is 8.42 Å². The normalized spacial score (nSPS) is 12.1. The van der Waals surface area contributed by atoms with Crippen LogP contribution in [0.25, 0.3) is 0 Å². The van der Waals surface area contributed by atoms with E-state index >= 15 is 0 Å². The summed E-state index contributed by atoms with van der Waals surface area (Å²) in [7, 11) is -3.69. The minimum absolute atomic E-state index is 0.115. The molecule has 23 heavy (non-hydrogen) atoms. The van der Waals surface area contributed by atoms with Crippen molar-refractivity contribution in [2.24, 2.45) is 5.10 Å². The van der Waals surface area contributed by atoms with Gasteiger partial charge in [-0.1, -0.05) is 53.7 Å². The summed E-state index contributed by atoms with van der Waals surface area (Å²) in [5, 5.41) is 3.91. The number of rotatable bonds is 6. The summed E-state index contributed by atoms with van der Waals surface area (Å²) >= 11 is 0. The lowest BCUT2D eigenvalue weighted by Gasteiger charge is -2.22. The van der Waals surface area contributed by atoms with E-state index in [0.717, 1.165) is 11.1 Å². The van der Waals surface area contributed by atoms with Gasteiger partial charge in [-0.15, -0.1) is 0 Å². The monoisotopic (exact) mass is 338 g/mol. The summed E-state index contributed by atoms with van der Waals surface area (Å²) in [6, 6.07) is 4.05. The van der Waals surface area contributed by atoms with Crippen LogP contribution in [0.15, 0.2) is 22.1 Å². The van der Waals surface area contributed by atoms with Crippen LogP contribution in [0, 0.1) is 0 Å². The molecule has 5 heteroatoms. The van der Waals surface area contributed by atoms with Gasteiger partial charge < -0.3 is 0 Å². The molecule has 130 valence electrons. The lowest BCUT2D eigenvalue weighted by Crippen LogP contribution is -2.23. The highest BCUT2D eigenvalue weighted by Crippen LogP contribution is 2.34. The third-order valence-electron chi connectivity index (χ3n) is 3.74. The zero-order chi connectivity index (χ0) is 17.9. The van der Waals surface area contributed by atoms with Gasteiger partial charge in [-0.3, -0.25) is 0 Å². The standard InChI is InChI=1S/C18H30N2O2S/c1-11(2)15-9-16(12(3)4)18(17(10-15)13(5)6)23(21,22)20-19-14(7)8/h9-13,20H,1-8H3. The Bertz CT molecular complexity index is 654. The van der Waals surface area contributed by atoms with E-state index in [1.165, 1.54) is 5.56 Å². The fourth-order valence-electron chi connectivity index (χ4n) is 2.40. The Morgan fingerprint density at radius 1 is 0.913 bits per heavy atom. The molecule has 0 bridgehead atoms. The predicted molar refractivity (Wildman–Crippen MR) is 97.8 cm³/mol. The maximum atomic E-state index is 12.9. The Balaban J connectivity index is 3.71. The summed E-state index contributed by atoms with van der Waals surface area (Å²) < 4.78 is 25.7. The molecule has 4 nitrogen and oxygen atoms in total. The van der Waals surface area contributed by atoms with Gasteiger partial charge in [0.15, 0.2) is 0 Å². The van der Waals surface area contributed by atoms with Crippen molar-refractivity contribution in [1.29, 1.82) is 0 Å². The topological polar surface area (TPSA) is 58.5 Å². The van der Waals surface area contributed by atoms with E-state index in [1.54, 1.807) is 13.8 Å². The molecule has 0 aromatic heterocycles. The second-order valence-electron chi connectivity index (χ2n) is 7.15. The number of nitrogens with zero attached hydrogens (tertiary/aromatic N) is 1. The maximum Gasteiger partial charge on any atom is 0.277 e. The number of hydrazone groups is 1. The van der Waals surface area contributed by atoms with Gasteiger partial charge >= 0.3 is 0 Å². The maximum absolute atomic E-state index is 12.9. The molecule has 0 aliphatic heterocycles. The van der Waals surface area contributed by atoms with Gasteiger partial charge in [0.1, 0.15) is 0 Å². The minimum atomic E-state index is -3.69.